The summed E-state index contributed by atoms with van der Waals surface area (Å²) < 4.78 is 14.9. The second-order valence-corrected chi connectivity index (χ2v) is 6.53. The Bertz CT molecular complexity index is 1100. The number of nitrogens with zero attached hydrogens (tertiary/aromatic N) is 2. The van der Waals surface area contributed by atoms with Crippen LogP contribution in [0.3, 0.4) is 0 Å². The van der Waals surface area contributed by atoms with Gasteiger partial charge in [0.05, 0.1) is 6.42 Å². The van der Waals surface area contributed by atoms with Gasteiger partial charge in [-0.15, -0.1) is 0 Å². The average Bonchev–Trinajstić information content (AvgIpc) is 3.03. The molecule has 0 aliphatic rings. The normalized spacial score (nSPS) is 10.9. The monoisotopic (exact) mass is 379 g/mol. The van der Waals surface area contributed by atoms with Gasteiger partial charge in [0.15, 0.2) is 0 Å². The van der Waals surface area contributed by atoms with Gasteiger partial charge in [-0.05, 0) is 42.0 Å². The Labute approximate surface area is 160 Å². The summed E-state index contributed by atoms with van der Waals surface area (Å²) in [7, 11) is 0. The number of aromatic nitrogens is 2. The van der Waals surface area contributed by atoms with E-state index in [9.17, 15) is 9.18 Å². The molecule has 0 fully saturated rings. The number of fused-ring (bicyclic) bond motifs is 1. The number of rotatable bonds is 4. The van der Waals surface area contributed by atoms with Crippen molar-refractivity contribution in [2.24, 2.45) is 0 Å². The highest BCUT2D eigenvalue weighted by atomic mass is 35.5. The van der Waals surface area contributed by atoms with Crippen molar-refractivity contribution in [2.45, 2.75) is 6.42 Å². The van der Waals surface area contributed by atoms with E-state index in [1.807, 2.05) is 40.9 Å². The molecule has 4 aromatic rings. The van der Waals surface area contributed by atoms with Crippen LogP contribution in [0.5, 0.6) is 0 Å². The Morgan fingerprint density at radius 3 is 2.52 bits per heavy atom. The third kappa shape index (κ3) is 3.68. The predicted octanol–water partition coefficient (Wildman–Crippen LogP) is 4.98. The molecule has 0 aliphatic heterocycles. The average molecular weight is 380 g/mol. The number of anilines is 1. The van der Waals surface area contributed by atoms with Gasteiger partial charge in [0.1, 0.15) is 23.0 Å². The second-order valence-electron chi connectivity index (χ2n) is 6.10. The first-order chi connectivity index (χ1) is 13.1. The fraction of sp³-hybridized carbons (Fsp3) is 0.0476. The molecular formula is C21H15ClFN3O. The summed E-state index contributed by atoms with van der Waals surface area (Å²) in [5, 5.41) is 3.57. The molecule has 2 aromatic carbocycles. The lowest BCUT2D eigenvalue weighted by molar-refractivity contribution is -0.115. The number of pyridine rings is 1. The van der Waals surface area contributed by atoms with E-state index in [1.165, 1.54) is 12.1 Å². The molecule has 4 rings (SSSR count). The number of hydrogen-bond acceptors (Lipinski definition) is 2. The van der Waals surface area contributed by atoms with Crippen molar-refractivity contribution in [3.63, 3.8) is 0 Å². The number of amides is 1. The van der Waals surface area contributed by atoms with E-state index >= 15 is 0 Å². The molecule has 0 atom stereocenters. The van der Waals surface area contributed by atoms with Crippen LogP contribution in [-0.2, 0) is 11.2 Å². The minimum absolute atomic E-state index is 0.139. The van der Waals surface area contributed by atoms with Crippen molar-refractivity contribution >= 4 is 29.0 Å². The molecule has 2 aromatic heterocycles. The standard InChI is InChI=1S/C21H15ClFN3O/c22-16-8-6-15(7-9-16)20-21(26-12-2-1-3-18(26)24-20)25-19(27)13-14-4-10-17(23)11-5-14/h1-12H,13H2,(H,25,27). The van der Waals surface area contributed by atoms with Crippen LogP contribution in [0.1, 0.15) is 5.56 Å². The number of benzene rings is 2. The molecule has 2 heterocycles. The minimum atomic E-state index is -0.328. The van der Waals surface area contributed by atoms with Crippen molar-refractivity contribution in [1.29, 1.82) is 0 Å². The van der Waals surface area contributed by atoms with Gasteiger partial charge < -0.3 is 5.32 Å². The van der Waals surface area contributed by atoms with Crippen LogP contribution < -0.4 is 5.32 Å². The lowest BCUT2D eigenvalue weighted by Gasteiger charge is -2.08. The van der Waals surface area contributed by atoms with Gasteiger partial charge in [0.2, 0.25) is 5.91 Å². The molecule has 6 heteroatoms. The van der Waals surface area contributed by atoms with E-state index in [4.69, 9.17) is 11.6 Å². The summed E-state index contributed by atoms with van der Waals surface area (Å²) >= 11 is 5.98. The van der Waals surface area contributed by atoms with Crippen molar-refractivity contribution < 1.29 is 9.18 Å². The van der Waals surface area contributed by atoms with E-state index in [0.717, 1.165) is 16.8 Å². The maximum absolute atomic E-state index is 13.1. The molecule has 0 radical (unpaired) electrons. The summed E-state index contributed by atoms with van der Waals surface area (Å²) in [6.07, 6.45) is 1.98. The number of carbonyl (C=O) groups is 1. The van der Waals surface area contributed by atoms with Crippen molar-refractivity contribution in [3.05, 3.63) is 89.3 Å². The van der Waals surface area contributed by atoms with E-state index in [-0.39, 0.29) is 18.1 Å². The minimum Gasteiger partial charge on any atom is -0.310 e. The zero-order valence-electron chi connectivity index (χ0n) is 14.2. The smallest absolute Gasteiger partial charge is 0.229 e. The summed E-state index contributed by atoms with van der Waals surface area (Å²) in [5.74, 6) is 0.0495. The summed E-state index contributed by atoms with van der Waals surface area (Å²) in [5.41, 5.74) is 2.96. The fourth-order valence-electron chi connectivity index (χ4n) is 2.89. The van der Waals surface area contributed by atoms with Gasteiger partial charge in [0, 0.05) is 16.8 Å². The van der Waals surface area contributed by atoms with Gasteiger partial charge in [0.25, 0.3) is 0 Å². The number of halogens is 2. The van der Waals surface area contributed by atoms with Crippen LogP contribution in [0, 0.1) is 5.82 Å². The molecule has 134 valence electrons. The SMILES string of the molecule is O=C(Cc1ccc(F)cc1)Nc1c(-c2ccc(Cl)cc2)nc2ccccn12. The molecule has 1 N–H and O–H groups in total. The zero-order chi connectivity index (χ0) is 18.8. The van der Waals surface area contributed by atoms with Crippen molar-refractivity contribution in [1.82, 2.24) is 9.38 Å². The Morgan fingerprint density at radius 1 is 1.04 bits per heavy atom. The molecule has 0 saturated heterocycles. The van der Waals surface area contributed by atoms with Crippen LogP contribution >= 0.6 is 11.6 Å². The lowest BCUT2D eigenvalue weighted by Crippen LogP contribution is -2.16. The summed E-state index contributed by atoms with van der Waals surface area (Å²) in [4.78, 5) is 17.2. The molecule has 27 heavy (non-hydrogen) atoms. The van der Waals surface area contributed by atoms with Crippen LogP contribution in [-0.4, -0.2) is 15.3 Å². The number of nitrogens with one attached hydrogen (secondary N) is 1. The van der Waals surface area contributed by atoms with E-state index in [1.54, 1.807) is 24.3 Å². The van der Waals surface area contributed by atoms with Gasteiger partial charge in [-0.2, -0.15) is 0 Å². The van der Waals surface area contributed by atoms with Gasteiger partial charge >= 0.3 is 0 Å². The summed E-state index contributed by atoms with van der Waals surface area (Å²) in [6.45, 7) is 0. The first-order valence-electron chi connectivity index (χ1n) is 8.37. The topological polar surface area (TPSA) is 46.4 Å². The molecule has 1 amide bonds. The van der Waals surface area contributed by atoms with E-state index in [0.29, 0.717) is 16.5 Å². The molecular weight excluding hydrogens is 365 g/mol. The Kier molecular flexibility index (Phi) is 4.60. The highest BCUT2D eigenvalue weighted by molar-refractivity contribution is 6.30. The second kappa shape index (κ2) is 7.21. The fourth-order valence-corrected chi connectivity index (χ4v) is 3.01. The Balaban J connectivity index is 1.69. The Morgan fingerprint density at radius 2 is 1.78 bits per heavy atom. The lowest BCUT2D eigenvalue weighted by atomic mass is 10.1. The third-order valence-electron chi connectivity index (χ3n) is 4.18. The highest BCUT2D eigenvalue weighted by Crippen LogP contribution is 2.29. The van der Waals surface area contributed by atoms with Crippen LogP contribution in [0.15, 0.2) is 72.9 Å². The maximum Gasteiger partial charge on any atom is 0.229 e. The first kappa shape index (κ1) is 17.2. The van der Waals surface area contributed by atoms with E-state index < -0.39 is 0 Å². The maximum atomic E-state index is 13.1. The van der Waals surface area contributed by atoms with Crippen molar-refractivity contribution in [2.75, 3.05) is 5.32 Å². The van der Waals surface area contributed by atoms with E-state index in [2.05, 4.69) is 10.3 Å². The predicted molar refractivity (Wildman–Crippen MR) is 104 cm³/mol. The molecule has 0 aliphatic carbocycles. The van der Waals surface area contributed by atoms with Gasteiger partial charge in [-0.3, -0.25) is 9.20 Å². The molecule has 4 nitrogen and oxygen atoms in total. The number of hydrogen-bond donors (Lipinski definition) is 1. The number of imidazole rings is 1. The molecule has 0 spiro atoms. The van der Waals surface area contributed by atoms with Crippen LogP contribution in [0.2, 0.25) is 5.02 Å². The van der Waals surface area contributed by atoms with Gasteiger partial charge in [-0.1, -0.05) is 41.9 Å². The van der Waals surface area contributed by atoms with Gasteiger partial charge in [-0.25, -0.2) is 9.37 Å². The Hall–Kier alpha value is -3.18. The summed E-state index contributed by atoms with van der Waals surface area (Å²) in [6, 6.07) is 18.8. The zero-order valence-corrected chi connectivity index (χ0v) is 14.9. The van der Waals surface area contributed by atoms with Crippen molar-refractivity contribution in [3.8, 4) is 11.3 Å². The largest absolute Gasteiger partial charge is 0.310 e. The first-order valence-corrected chi connectivity index (χ1v) is 8.75. The number of carbonyl (C=O) groups excluding carboxylic acids is 1. The quantitative estimate of drug-likeness (QED) is 0.544. The highest BCUT2D eigenvalue weighted by Gasteiger charge is 2.16. The molecule has 0 bridgehead atoms. The third-order valence-corrected chi connectivity index (χ3v) is 4.44. The van der Waals surface area contributed by atoms with Crippen LogP contribution in [0.4, 0.5) is 10.2 Å². The molecule has 0 unspecified atom stereocenters. The molecule has 0 saturated carbocycles. The van der Waals surface area contributed by atoms with Crippen LogP contribution in [0.25, 0.3) is 16.9 Å².